The molecule has 0 spiro atoms. The molecule has 1 saturated heterocycles. The number of halogens is 1. The van der Waals surface area contributed by atoms with Crippen molar-refractivity contribution in [3.05, 3.63) is 59.9 Å². The molecule has 0 radical (unpaired) electrons. The van der Waals surface area contributed by atoms with Gasteiger partial charge in [-0.15, -0.1) is 0 Å². The van der Waals surface area contributed by atoms with E-state index < -0.39 is 11.7 Å². The molecule has 6 heteroatoms. The lowest BCUT2D eigenvalue weighted by molar-refractivity contribution is -0.131. The van der Waals surface area contributed by atoms with E-state index in [1.807, 2.05) is 29.2 Å². The van der Waals surface area contributed by atoms with Crippen molar-refractivity contribution in [2.24, 2.45) is 0 Å². The van der Waals surface area contributed by atoms with Gasteiger partial charge in [-0.25, -0.2) is 4.39 Å². The number of hydrogen-bond acceptors (Lipinski definition) is 3. The van der Waals surface area contributed by atoms with E-state index in [0.29, 0.717) is 12.1 Å². The monoisotopic (exact) mass is 383 g/mol. The Bertz CT molecular complexity index is 815. The minimum atomic E-state index is -0.539. The van der Waals surface area contributed by atoms with Crippen molar-refractivity contribution in [3.63, 3.8) is 0 Å². The maximum Gasteiger partial charge on any atom is 0.258 e. The molecule has 1 aliphatic heterocycles. The van der Waals surface area contributed by atoms with Crippen molar-refractivity contribution >= 4 is 23.2 Å². The Labute approximate surface area is 165 Å². The first kappa shape index (κ1) is 19.9. The van der Waals surface area contributed by atoms with Gasteiger partial charge in [0, 0.05) is 44.0 Å². The van der Waals surface area contributed by atoms with E-state index in [4.69, 9.17) is 0 Å². The summed E-state index contributed by atoms with van der Waals surface area (Å²) >= 11 is 0. The molecule has 0 unspecified atom stereocenters. The Morgan fingerprint density at radius 3 is 2.32 bits per heavy atom. The van der Waals surface area contributed by atoms with E-state index in [2.05, 4.69) is 17.1 Å². The average molecular weight is 383 g/mol. The summed E-state index contributed by atoms with van der Waals surface area (Å²) in [6.07, 6.45) is 2.61. The molecule has 0 aliphatic carbocycles. The van der Waals surface area contributed by atoms with Crippen LogP contribution in [-0.4, -0.2) is 42.9 Å². The fourth-order valence-corrected chi connectivity index (χ4v) is 3.30. The number of hydrogen-bond donors (Lipinski definition) is 1. The van der Waals surface area contributed by atoms with Crippen molar-refractivity contribution in [2.75, 3.05) is 36.4 Å². The van der Waals surface area contributed by atoms with Gasteiger partial charge in [0.1, 0.15) is 5.82 Å². The summed E-state index contributed by atoms with van der Waals surface area (Å²) in [6.45, 7) is 5.13. The summed E-state index contributed by atoms with van der Waals surface area (Å²) in [5.41, 5.74) is 1.69. The smallest absolute Gasteiger partial charge is 0.258 e. The quantitative estimate of drug-likeness (QED) is 0.823. The number of carbonyl (C=O) groups is 2. The summed E-state index contributed by atoms with van der Waals surface area (Å²) in [7, 11) is 0. The first-order valence-electron chi connectivity index (χ1n) is 9.77. The van der Waals surface area contributed by atoms with Gasteiger partial charge in [0.15, 0.2) is 0 Å². The first-order chi connectivity index (χ1) is 13.6. The highest BCUT2D eigenvalue weighted by Crippen LogP contribution is 2.21. The summed E-state index contributed by atoms with van der Waals surface area (Å²) < 4.78 is 13.7. The van der Waals surface area contributed by atoms with Crippen molar-refractivity contribution in [1.29, 1.82) is 0 Å². The van der Waals surface area contributed by atoms with Gasteiger partial charge in [-0.05, 0) is 42.8 Å². The molecule has 3 rings (SSSR count). The van der Waals surface area contributed by atoms with Crippen LogP contribution in [0.25, 0.3) is 0 Å². The topological polar surface area (TPSA) is 52.7 Å². The third-order valence-electron chi connectivity index (χ3n) is 4.99. The fraction of sp³-hybridized carbons (Fsp3) is 0.364. The SMILES string of the molecule is CCCCC(=O)N1CCN(c2ccc(NC(=O)c3ccccc3F)cc2)CC1. The second kappa shape index (κ2) is 9.35. The lowest BCUT2D eigenvalue weighted by atomic mass is 10.2. The predicted molar refractivity (Wildman–Crippen MR) is 109 cm³/mol. The summed E-state index contributed by atoms with van der Waals surface area (Å²) in [5.74, 6) is -0.763. The van der Waals surface area contributed by atoms with Gasteiger partial charge < -0.3 is 15.1 Å². The molecule has 148 valence electrons. The number of piperazine rings is 1. The Hall–Kier alpha value is -2.89. The number of benzene rings is 2. The van der Waals surface area contributed by atoms with Gasteiger partial charge >= 0.3 is 0 Å². The van der Waals surface area contributed by atoms with Crippen LogP contribution in [0.1, 0.15) is 36.5 Å². The molecule has 2 amide bonds. The lowest BCUT2D eigenvalue weighted by Crippen LogP contribution is -2.48. The van der Waals surface area contributed by atoms with Crippen LogP contribution in [0, 0.1) is 5.82 Å². The Kier molecular flexibility index (Phi) is 6.63. The number of carbonyl (C=O) groups excluding carboxylic acids is 2. The summed E-state index contributed by atoms with van der Waals surface area (Å²) in [5, 5.41) is 2.72. The highest BCUT2D eigenvalue weighted by Gasteiger charge is 2.20. The molecule has 2 aromatic rings. The van der Waals surface area contributed by atoms with Gasteiger partial charge in [-0.1, -0.05) is 25.5 Å². The summed E-state index contributed by atoms with van der Waals surface area (Å²) in [6, 6.07) is 13.4. The molecule has 1 aliphatic rings. The molecule has 1 fully saturated rings. The van der Waals surface area contributed by atoms with E-state index in [1.165, 1.54) is 12.1 Å². The zero-order valence-corrected chi connectivity index (χ0v) is 16.2. The van der Waals surface area contributed by atoms with E-state index >= 15 is 0 Å². The summed E-state index contributed by atoms with van der Waals surface area (Å²) in [4.78, 5) is 28.5. The molecule has 0 bridgehead atoms. The molecule has 0 saturated carbocycles. The molecule has 0 atom stereocenters. The highest BCUT2D eigenvalue weighted by molar-refractivity contribution is 6.04. The van der Waals surface area contributed by atoms with Gasteiger partial charge in [-0.3, -0.25) is 9.59 Å². The number of rotatable bonds is 6. The fourth-order valence-electron chi connectivity index (χ4n) is 3.30. The van der Waals surface area contributed by atoms with Gasteiger partial charge in [0.05, 0.1) is 5.56 Å². The highest BCUT2D eigenvalue weighted by atomic mass is 19.1. The van der Waals surface area contributed by atoms with Crippen molar-refractivity contribution < 1.29 is 14.0 Å². The Morgan fingerprint density at radius 1 is 1.00 bits per heavy atom. The van der Waals surface area contributed by atoms with Crippen LogP contribution in [0.4, 0.5) is 15.8 Å². The molecular weight excluding hydrogens is 357 g/mol. The van der Waals surface area contributed by atoms with Crippen molar-refractivity contribution in [3.8, 4) is 0 Å². The maximum absolute atomic E-state index is 13.7. The second-order valence-electron chi connectivity index (χ2n) is 6.95. The molecule has 0 aromatic heterocycles. The van der Waals surface area contributed by atoms with Crippen LogP contribution in [0.5, 0.6) is 0 Å². The standard InChI is InChI=1S/C22H26FN3O2/c1-2-3-8-21(27)26-15-13-25(14-16-26)18-11-9-17(10-12-18)24-22(28)19-6-4-5-7-20(19)23/h4-7,9-12H,2-3,8,13-16H2,1H3,(H,24,28). The Morgan fingerprint density at radius 2 is 1.68 bits per heavy atom. The minimum absolute atomic E-state index is 0.0236. The van der Waals surface area contributed by atoms with Crippen molar-refractivity contribution in [1.82, 2.24) is 4.90 Å². The van der Waals surface area contributed by atoms with E-state index in [-0.39, 0.29) is 11.5 Å². The molecule has 1 N–H and O–H groups in total. The van der Waals surface area contributed by atoms with Crippen LogP contribution < -0.4 is 10.2 Å². The Balaban J connectivity index is 1.54. The third-order valence-corrected chi connectivity index (χ3v) is 4.99. The van der Waals surface area contributed by atoms with Gasteiger partial charge in [-0.2, -0.15) is 0 Å². The van der Waals surface area contributed by atoms with Crippen LogP contribution in [-0.2, 0) is 4.79 Å². The predicted octanol–water partition coefficient (Wildman–Crippen LogP) is 3.92. The normalized spacial score (nSPS) is 14.1. The van der Waals surface area contributed by atoms with E-state index in [1.54, 1.807) is 12.1 Å². The zero-order valence-electron chi connectivity index (χ0n) is 16.2. The van der Waals surface area contributed by atoms with Crippen LogP contribution in [0.3, 0.4) is 0 Å². The third kappa shape index (κ3) is 4.88. The van der Waals surface area contributed by atoms with Crippen LogP contribution >= 0.6 is 0 Å². The second-order valence-corrected chi connectivity index (χ2v) is 6.95. The number of nitrogens with zero attached hydrogens (tertiary/aromatic N) is 2. The van der Waals surface area contributed by atoms with Crippen LogP contribution in [0.15, 0.2) is 48.5 Å². The average Bonchev–Trinajstić information content (AvgIpc) is 2.73. The molecule has 5 nitrogen and oxygen atoms in total. The lowest BCUT2D eigenvalue weighted by Gasteiger charge is -2.36. The van der Waals surface area contributed by atoms with E-state index in [0.717, 1.165) is 44.7 Å². The van der Waals surface area contributed by atoms with Gasteiger partial charge in [0.25, 0.3) is 5.91 Å². The van der Waals surface area contributed by atoms with Gasteiger partial charge in [0.2, 0.25) is 5.91 Å². The first-order valence-corrected chi connectivity index (χ1v) is 9.77. The number of anilines is 2. The number of unbranched alkanes of at least 4 members (excludes halogenated alkanes) is 1. The molecular formula is C22H26FN3O2. The minimum Gasteiger partial charge on any atom is -0.368 e. The zero-order chi connectivity index (χ0) is 19.9. The number of nitrogens with one attached hydrogen (secondary N) is 1. The molecule has 1 heterocycles. The maximum atomic E-state index is 13.7. The number of amides is 2. The largest absolute Gasteiger partial charge is 0.368 e. The van der Waals surface area contributed by atoms with Crippen LogP contribution in [0.2, 0.25) is 0 Å². The van der Waals surface area contributed by atoms with Crippen molar-refractivity contribution in [2.45, 2.75) is 26.2 Å². The van der Waals surface area contributed by atoms with E-state index in [9.17, 15) is 14.0 Å². The molecule has 2 aromatic carbocycles. The molecule has 28 heavy (non-hydrogen) atoms.